The molecule has 7 aliphatic rings. The van der Waals surface area contributed by atoms with Gasteiger partial charge in [0.25, 0.3) is 0 Å². The summed E-state index contributed by atoms with van der Waals surface area (Å²) in [6.07, 6.45) is 11.0. The van der Waals surface area contributed by atoms with Crippen molar-refractivity contribution in [1.82, 2.24) is 14.8 Å². The molecule has 1 aromatic heterocycles. The molecule has 1 unspecified atom stereocenters. The van der Waals surface area contributed by atoms with E-state index in [-0.39, 0.29) is 55.5 Å². The van der Waals surface area contributed by atoms with Crippen molar-refractivity contribution in [2.75, 3.05) is 46.0 Å². The van der Waals surface area contributed by atoms with Gasteiger partial charge in [0, 0.05) is 61.5 Å². The Morgan fingerprint density at radius 3 is 2.45 bits per heavy atom. The molecule has 0 spiro atoms. The fourth-order valence-electron chi connectivity index (χ4n) is 10.5. The Bertz CT molecular complexity index is 1890. The number of hydrogen-bond acceptors (Lipinski definition) is 10. The van der Waals surface area contributed by atoms with E-state index in [0.717, 1.165) is 103 Å². The first-order chi connectivity index (χ1) is 28.1. The Labute approximate surface area is 345 Å². The lowest BCUT2D eigenvalue weighted by molar-refractivity contribution is -0.154. The molecular formula is C45H58ClN3O9. The third-order valence-electron chi connectivity index (χ3n) is 14.4. The van der Waals surface area contributed by atoms with Gasteiger partial charge < -0.3 is 29.0 Å². The molecule has 12 nitrogen and oxygen atoms in total. The lowest BCUT2D eigenvalue weighted by Gasteiger charge is -2.29. The van der Waals surface area contributed by atoms with Crippen LogP contribution in [0.1, 0.15) is 114 Å². The van der Waals surface area contributed by atoms with Crippen LogP contribution in [-0.4, -0.2) is 108 Å². The summed E-state index contributed by atoms with van der Waals surface area (Å²) in [5.74, 6) is 0.330. The number of ether oxygens (including phenoxy) is 4. The summed E-state index contributed by atoms with van der Waals surface area (Å²) in [5.41, 5.74) is 0.386. The van der Waals surface area contributed by atoms with E-state index in [2.05, 4.69) is 4.90 Å². The van der Waals surface area contributed by atoms with Gasteiger partial charge in [0.1, 0.15) is 35.3 Å². The number of aliphatic carboxylic acids is 1. The Balaban J connectivity index is 0.966. The number of carbonyl (C=O) groups excluding carboxylic acids is 3. The maximum absolute atomic E-state index is 14.7. The van der Waals surface area contributed by atoms with Gasteiger partial charge in [-0.3, -0.25) is 29.1 Å². The van der Waals surface area contributed by atoms with Crippen LogP contribution in [0.25, 0.3) is 10.9 Å². The standard InChI is InChI=1S/C45H58ClN3O9/c46-41-38(56-17-14-48-12-15-55-16-13-48)11-10-34-39(23-35(27-8-9-27)47-42(34)41)57-33-22-36-37(50)25-45(44(53)54)24-31(45)7-5-3-1-2-4-6-28(43(52)49(36)26-33)21-40(51)58-32-19-29-18-30(29)20-32/h10-11,23,27-33,36H,1-9,12-22,24-26H2,(H,53,54)/t28-,29-,30+,31-,32?,33-,36+,45-/m1/s1. The van der Waals surface area contributed by atoms with Gasteiger partial charge in [-0.15, -0.1) is 0 Å². The zero-order valence-corrected chi connectivity index (χ0v) is 34.3. The molecule has 314 valence electrons. The predicted octanol–water partition coefficient (Wildman–Crippen LogP) is 6.97. The van der Waals surface area contributed by atoms with Gasteiger partial charge in [-0.25, -0.2) is 0 Å². The molecule has 58 heavy (non-hydrogen) atoms. The molecule has 1 amide bonds. The number of carboxylic acid groups (broad SMARTS) is 1. The van der Waals surface area contributed by atoms with Crippen molar-refractivity contribution in [3.8, 4) is 11.5 Å². The summed E-state index contributed by atoms with van der Waals surface area (Å²) in [6, 6.07) is 4.87. The van der Waals surface area contributed by atoms with Gasteiger partial charge in [0.05, 0.1) is 43.2 Å². The minimum atomic E-state index is -1.09. The van der Waals surface area contributed by atoms with Crippen molar-refractivity contribution >= 4 is 46.1 Å². The Morgan fingerprint density at radius 1 is 0.931 bits per heavy atom. The zero-order valence-electron chi connectivity index (χ0n) is 33.5. The molecule has 3 aliphatic heterocycles. The van der Waals surface area contributed by atoms with Crippen LogP contribution in [0, 0.1) is 29.1 Å². The van der Waals surface area contributed by atoms with E-state index in [4.69, 9.17) is 35.5 Å². The molecule has 7 fully saturated rings. The fraction of sp³-hybridized carbons (Fsp3) is 0.711. The highest BCUT2D eigenvalue weighted by Crippen LogP contribution is 2.58. The van der Waals surface area contributed by atoms with Crippen molar-refractivity contribution in [3.05, 3.63) is 28.9 Å². The molecule has 9 rings (SSSR count). The topological polar surface area (TPSA) is 145 Å². The van der Waals surface area contributed by atoms with Crippen LogP contribution in [0.2, 0.25) is 5.02 Å². The number of aromatic nitrogens is 1. The minimum absolute atomic E-state index is 0.0240. The van der Waals surface area contributed by atoms with E-state index >= 15 is 0 Å². The van der Waals surface area contributed by atoms with E-state index in [1.807, 2.05) is 18.2 Å². The summed E-state index contributed by atoms with van der Waals surface area (Å²) in [7, 11) is 0. The number of halogens is 1. The van der Waals surface area contributed by atoms with E-state index in [1.165, 1.54) is 6.42 Å². The number of esters is 1. The molecule has 4 saturated carbocycles. The highest BCUT2D eigenvalue weighted by molar-refractivity contribution is 6.36. The number of carbonyl (C=O) groups is 4. The highest BCUT2D eigenvalue weighted by Gasteiger charge is 2.61. The van der Waals surface area contributed by atoms with Crippen molar-refractivity contribution in [2.24, 2.45) is 29.1 Å². The number of amides is 1. The molecule has 0 bridgehead atoms. The largest absolute Gasteiger partial charge is 0.491 e. The maximum Gasteiger partial charge on any atom is 0.310 e. The van der Waals surface area contributed by atoms with Gasteiger partial charge in [-0.1, -0.05) is 43.7 Å². The van der Waals surface area contributed by atoms with Crippen LogP contribution in [0.3, 0.4) is 0 Å². The number of hydrogen-bond donors (Lipinski definition) is 1. The molecule has 0 radical (unpaired) electrons. The summed E-state index contributed by atoms with van der Waals surface area (Å²) in [4.78, 5) is 64.1. The second-order valence-electron chi connectivity index (χ2n) is 18.5. The van der Waals surface area contributed by atoms with E-state index in [1.54, 1.807) is 4.90 Å². The number of carboxylic acids is 1. The zero-order chi connectivity index (χ0) is 40.0. The van der Waals surface area contributed by atoms with Gasteiger partial charge >= 0.3 is 11.9 Å². The van der Waals surface area contributed by atoms with E-state index < -0.39 is 29.4 Å². The molecule has 1 N–H and O–H groups in total. The number of fused-ring (bicyclic) bond motifs is 4. The molecule has 8 atom stereocenters. The number of benzene rings is 1. The van der Waals surface area contributed by atoms with Gasteiger partial charge in [-0.05, 0) is 81.3 Å². The van der Waals surface area contributed by atoms with Crippen molar-refractivity contribution < 1.29 is 43.2 Å². The number of rotatable bonds is 11. The normalized spacial score (nSPS) is 33.1. The summed E-state index contributed by atoms with van der Waals surface area (Å²) >= 11 is 7.03. The van der Waals surface area contributed by atoms with E-state index in [0.29, 0.717) is 64.6 Å². The van der Waals surface area contributed by atoms with Crippen LogP contribution in [-0.2, 0) is 28.7 Å². The molecule has 1 aromatic carbocycles. The molecule has 4 aliphatic carbocycles. The average molecular weight is 820 g/mol. The van der Waals surface area contributed by atoms with Crippen molar-refractivity contribution in [2.45, 2.75) is 127 Å². The third kappa shape index (κ3) is 8.71. The van der Waals surface area contributed by atoms with Crippen LogP contribution in [0.15, 0.2) is 18.2 Å². The van der Waals surface area contributed by atoms with Gasteiger partial charge in [0.2, 0.25) is 5.91 Å². The predicted molar refractivity (Wildman–Crippen MR) is 215 cm³/mol. The monoisotopic (exact) mass is 819 g/mol. The SMILES string of the molecule is O=C(C[C@H]1CCCCCCC[C@@H]2C[C@@]2(C(=O)O)CC(=O)[C@@H]2C[C@@H](Oc3cc(C4CC4)nc4c(Cl)c(OCCN5CCOCC5)ccc34)CN2C1=O)OC1C[C@@H]2C[C@@H]2C1. The molecular weight excluding hydrogens is 762 g/mol. The number of morpholine rings is 1. The Morgan fingerprint density at radius 2 is 1.69 bits per heavy atom. The lowest BCUT2D eigenvalue weighted by Crippen LogP contribution is -2.45. The smallest absolute Gasteiger partial charge is 0.310 e. The summed E-state index contributed by atoms with van der Waals surface area (Å²) < 4.78 is 24.4. The molecule has 13 heteroatoms. The molecule has 2 aromatic rings. The fourth-order valence-corrected chi connectivity index (χ4v) is 10.8. The van der Waals surface area contributed by atoms with Gasteiger partial charge in [0.15, 0.2) is 5.78 Å². The van der Waals surface area contributed by atoms with Crippen LogP contribution in [0.4, 0.5) is 0 Å². The van der Waals surface area contributed by atoms with Crippen LogP contribution >= 0.6 is 11.6 Å². The first-order valence-corrected chi connectivity index (χ1v) is 22.5. The van der Waals surface area contributed by atoms with Crippen molar-refractivity contribution in [1.29, 1.82) is 0 Å². The number of ketones is 1. The number of nitrogens with zero attached hydrogens (tertiary/aromatic N) is 3. The summed E-state index contributed by atoms with van der Waals surface area (Å²) in [6.45, 7) is 4.55. The molecule has 3 saturated heterocycles. The highest BCUT2D eigenvalue weighted by atomic mass is 35.5. The first kappa shape index (κ1) is 40.0. The summed E-state index contributed by atoms with van der Waals surface area (Å²) in [5, 5.41) is 11.5. The number of Topliss-reactive ketones (excluding diaryl/α,β-unsaturated/α-hetero) is 1. The second kappa shape index (κ2) is 16.9. The van der Waals surface area contributed by atoms with Gasteiger partial charge in [-0.2, -0.15) is 0 Å². The van der Waals surface area contributed by atoms with Crippen LogP contribution in [0.5, 0.6) is 11.5 Å². The van der Waals surface area contributed by atoms with Crippen LogP contribution < -0.4 is 9.47 Å². The third-order valence-corrected chi connectivity index (χ3v) is 14.7. The quantitative estimate of drug-likeness (QED) is 0.235. The lowest BCUT2D eigenvalue weighted by atomic mass is 9.90. The maximum atomic E-state index is 14.7. The minimum Gasteiger partial charge on any atom is -0.491 e. The number of pyridine rings is 1. The Kier molecular flexibility index (Phi) is 11.6. The van der Waals surface area contributed by atoms with E-state index in [9.17, 15) is 24.3 Å². The van der Waals surface area contributed by atoms with Crippen molar-refractivity contribution in [3.63, 3.8) is 0 Å². The Hall–Kier alpha value is -3.48. The first-order valence-electron chi connectivity index (χ1n) is 22.1. The average Bonchev–Trinajstić information content (AvgIpc) is 4.18. The second-order valence-corrected chi connectivity index (χ2v) is 18.8. The molecule has 4 heterocycles.